The van der Waals surface area contributed by atoms with Crippen LogP contribution in [0.15, 0.2) is 65.4 Å². The van der Waals surface area contributed by atoms with Gasteiger partial charge < -0.3 is 44.7 Å². The standard InChI is InChI=1S/C49H65ClN4O10Si/c1-65(2)43-31-37(53-20-9-21-53)12-15-40(43)46(42-30-35(11-14-39(42)49(59)60)47(57)51-18-24-63-28-26-61-22-7-4-3-6-17-50)41-16-13-38(32-44(41)65)54-33-36(34-54)48(58)52-19-25-64-29-27-62-23-8-5-10-45(55)56/h11-16,30-32,36H,3-10,17-29,33-34H2,1-2H3,(H3-,51,52,55,56,57,58,59,60)/p+1. The number of carbonyl (C=O) groups excluding carboxylic acids is 2. The molecule has 0 saturated carbocycles. The molecule has 3 heterocycles. The van der Waals surface area contributed by atoms with Gasteiger partial charge >= 0.3 is 11.9 Å². The van der Waals surface area contributed by atoms with Crippen molar-refractivity contribution in [2.75, 3.05) is 103 Å². The number of hydrogen-bond donors (Lipinski definition) is 4. The second-order valence-electron chi connectivity index (χ2n) is 17.4. The molecule has 0 spiro atoms. The molecule has 16 heteroatoms. The average Bonchev–Trinajstić information content (AvgIpc) is 3.25. The summed E-state index contributed by atoms with van der Waals surface area (Å²) < 4.78 is 24.6. The summed E-state index contributed by atoms with van der Waals surface area (Å²) >= 11 is 5.74. The van der Waals surface area contributed by atoms with Crippen LogP contribution in [0.2, 0.25) is 13.1 Å². The molecule has 2 amide bonds. The van der Waals surface area contributed by atoms with Crippen LogP contribution in [0.25, 0.3) is 5.57 Å². The molecule has 1 aliphatic carbocycles. The molecule has 6 rings (SSSR count). The summed E-state index contributed by atoms with van der Waals surface area (Å²) in [6.07, 6.45) is 13.2. The number of anilines is 1. The van der Waals surface area contributed by atoms with Crippen LogP contribution in [0.5, 0.6) is 0 Å². The molecule has 0 atom stereocenters. The van der Waals surface area contributed by atoms with Crippen LogP contribution >= 0.6 is 11.6 Å². The fraction of sp³-hybridized carbons (Fsp3) is 0.531. The average molecular weight is 935 g/mol. The van der Waals surface area contributed by atoms with Gasteiger partial charge in [0.2, 0.25) is 5.91 Å². The number of allylic oxidation sites excluding steroid dienone is 5. The van der Waals surface area contributed by atoms with E-state index in [1.54, 1.807) is 12.1 Å². The first-order valence-electron chi connectivity index (χ1n) is 23.2. The molecule has 352 valence electrons. The number of carboxylic acids is 2. The number of nitrogens with zero attached hydrogens (tertiary/aromatic N) is 2. The molecule has 4 aliphatic rings. The number of ether oxygens (including phenoxy) is 4. The Morgan fingerprint density at radius 1 is 0.769 bits per heavy atom. The Morgan fingerprint density at radius 3 is 2.08 bits per heavy atom. The van der Waals surface area contributed by atoms with Gasteiger partial charge in [0.1, 0.15) is 8.07 Å². The molecule has 0 unspecified atom stereocenters. The highest BCUT2D eigenvalue weighted by atomic mass is 35.5. The minimum Gasteiger partial charge on any atom is -0.481 e. The van der Waals surface area contributed by atoms with Crippen molar-refractivity contribution in [3.8, 4) is 0 Å². The Morgan fingerprint density at radius 2 is 1.43 bits per heavy atom. The normalized spacial score (nSPS) is 17.2. The lowest BCUT2D eigenvalue weighted by molar-refractivity contribution is -0.596. The van der Waals surface area contributed by atoms with Crippen LogP contribution in [0.3, 0.4) is 0 Å². The van der Waals surface area contributed by atoms with E-state index in [-0.39, 0.29) is 29.7 Å². The molecule has 2 aromatic carbocycles. The van der Waals surface area contributed by atoms with Crippen molar-refractivity contribution in [3.05, 3.63) is 87.6 Å². The minimum atomic E-state index is -2.40. The van der Waals surface area contributed by atoms with E-state index in [0.717, 1.165) is 73.3 Å². The fourth-order valence-electron chi connectivity index (χ4n) is 8.52. The van der Waals surface area contributed by atoms with Gasteiger partial charge in [-0.15, -0.1) is 11.6 Å². The van der Waals surface area contributed by atoms with Crippen LogP contribution in [0.4, 0.5) is 5.69 Å². The monoisotopic (exact) mass is 933 g/mol. The zero-order valence-corrected chi connectivity index (χ0v) is 39.7. The van der Waals surface area contributed by atoms with E-state index in [9.17, 15) is 24.3 Å². The first-order valence-corrected chi connectivity index (χ1v) is 26.7. The van der Waals surface area contributed by atoms with Gasteiger partial charge in [-0.2, -0.15) is 0 Å². The van der Waals surface area contributed by atoms with Crippen LogP contribution in [-0.2, 0) is 28.5 Å². The van der Waals surface area contributed by atoms with Crippen molar-refractivity contribution in [2.24, 2.45) is 5.92 Å². The van der Waals surface area contributed by atoms with Crippen LogP contribution in [-0.4, -0.2) is 150 Å². The van der Waals surface area contributed by atoms with Gasteiger partial charge in [0, 0.05) is 75.1 Å². The lowest BCUT2D eigenvalue weighted by Gasteiger charge is -2.40. The Bertz CT molecular complexity index is 2140. The Kier molecular flexibility index (Phi) is 19.0. The van der Waals surface area contributed by atoms with Gasteiger partial charge in [-0.25, -0.2) is 9.37 Å². The van der Waals surface area contributed by atoms with E-state index >= 15 is 0 Å². The predicted molar refractivity (Wildman–Crippen MR) is 255 cm³/mol. The van der Waals surface area contributed by atoms with Gasteiger partial charge in [-0.3, -0.25) is 14.4 Å². The van der Waals surface area contributed by atoms with Gasteiger partial charge in [-0.1, -0.05) is 32.0 Å². The number of halogens is 1. The number of nitrogens with one attached hydrogen (secondary N) is 2. The molecule has 0 radical (unpaired) electrons. The highest BCUT2D eigenvalue weighted by Crippen LogP contribution is 2.43. The lowest BCUT2D eigenvalue weighted by atomic mass is 9.86. The molecule has 14 nitrogen and oxygen atoms in total. The highest BCUT2D eigenvalue weighted by molar-refractivity contribution is 6.98. The zero-order valence-electron chi connectivity index (χ0n) is 38.0. The minimum absolute atomic E-state index is 0.0156. The number of hydrogen-bond acceptors (Lipinski definition) is 9. The molecule has 2 aromatic rings. The third-order valence-corrected chi connectivity index (χ3v) is 16.2. The van der Waals surface area contributed by atoms with Crippen LogP contribution < -0.4 is 20.7 Å². The van der Waals surface area contributed by atoms with E-state index in [4.69, 9.17) is 35.7 Å². The molecular weight excluding hydrogens is 868 g/mol. The maximum atomic E-state index is 13.6. The number of aromatic carboxylic acids is 1. The van der Waals surface area contributed by atoms with Crippen molar-refractivity contribution in [1.29, 1.82) is 0 Å². The van der Waals surface area contributed by atoms with Gasteiger partial charge in [0.05, 0.1) is 45.2 Å². The first-order chi connectivity index (χ1) is 31.5. The van der Waals surface area contributed by atoms with Gasteiger partial charge in [-0.05, 0) is 101 Å². The number of fused-ring (bicyclic) bond motifs is 2. The quantitative estimate of drug-likeness (QED) is 0.0372. The van der Waals surface area contributed by atoms with Crippen molar-refractivity contribution >= 4 is 65.6 Å². The van der Waals surface area contributed by atoms with Gasteiger partial charge in [0.15, 0.2) is 24.7 Å². The number of unbranched alkanes of at least 4 members (excludes halogenated alkanes) is 4. The van der Waals surface area contributed by atoms with Crippen molar-refractivity contribution in [3.63, 3.8) is 0 Å². The number of rotatable bonds is 28. The molecule has 3 aliphatic heterocycles. The van der Waals surface area contributed by atoms with Crippen molar-refractivity contribution in [2.45, 2.75) is 64.5 Å². The van der Waals surface area contributed by atoms with E-state index in [0.29, 0.717) is 109 Å². The third kappa shape index (κ3) is 13.5. The lowest BCUT2D eigenvalue weighted by Crippen LogP contribution is -2.52. The summed E-state index contributed by atoms with van der Waals surface area (Å²) in [7, 11) is -2.40. The van der Waals surface area contributed by atoms with Crippen LogP contribution in [0, 0.1) is 5.92 Å². The largest absolute Gasteiger partial charge is 0.481 e. The topological polar surface area (TPSA) is 176 Å². The molecular formula is C49H66ClN4O10Si+. The van der Waals surface area contributed by atoms with E-state index in [2.05, 4.69) is 69.6 Å². The number of carboxylic acid groups (broad SMARTS) is 2. The molecule has 2 fully saturated rings. The van der Waals surface area contributed by atoms with Crippen molar-refractivity contribution in [1.82, 2.24) is 10.6 Å². The fourth-order valence-corrected chi connectivity index (χ4v) is 11.8. The molecule has 4 N–H and O–H groups in total. The summed E-state index contributed by atoms with van der Waals surface area (Å²) in [6, 6.07) is 11.4. The number of carbonyl (C=O) groups is 4. The Hall–Kier alpha value is -4.64. The summed E-state index contributed by atoms with van der Waals surface area (Å²) in [5, 5.41) is 27.6. The summed E-state index contributed by atoms with van der Waals surface area (Å²) in [5.41, 5.74) is 5.88. The summed E-state index contributed by atoms with van der Waals surface area (Å²) in [5.74, 6) is -1.67. The first kappa shape index (κ1) is 49.8. The third-order valence-electron chi connectivity index (χ3n) is 12.4. The zero-order chi connectivity index (χ0) is 46.2. The molecule has 2 saturated heterocycles. The maximum Gasteiger partial charge on any atom is 0.336 e. The number of amides is 2. The highest BCUT2D eigenvalue weighted by Gasteiger charge is 2.44. The Labute approximate surface area is 388 Å². The number of alkyl halides is 1. The van der Waals surface area contributed by atoms with Crippen LogP contribution in [0.1, 0.15) is 83.2 Å². The molecule has 0 bridgehead atoms. The molecule has 0 aromatic heterocycles. The van der Waals surface area contributed by atoms with Crippen molar-refractivity contribution < 1.29 is 52.9 Å². The second kappa shape index (κ2) is 24.8. The summed E-state index contributed by atoms with van der Waals surface area (Å²) in [6.45, 7) is 12.1. The van der Waals surface area contributed by atoms with E-state index in [1.807, 2.05) is 0 Å². The maximum absolute atomic E-state index is 13.6. The SMILES string of the molecule is C[Si]1(C)C2=CC(=[N+]3CC(C(=O)NCCOCCOCCCCC(=O)O)C3)C=CC2=C(c2cc(C(=O)NCCOCCOCCCCCCCl)ccc2C(=O)O)c2ccc(N3CCC3)cc21. The second-order valence-corrected chi connectivity index (χ2v) is 22.1. The summed E-state index contributed by atoms with van der Waals surface area (Å²) in [4.78, 5) is 52.5. The molecule has 65 heavy (non-hydrogen) atoms. The number of benzene rings is 2. The smallest absolute Gasteiger partial charge is 0.336 e. The van der Waals surface area contributed by atoms with E-state index in [1.165, 1.54) is 16.4 Å². The van der Waals surface area contributed by atoms with Gasteiger partial charge in [0.25, 0.3) is 5.91 Å². The predicted octanol–water partition coefficient (Wildman–Crippen LogP) is 5.41. The van der Waals surface area contributed by atoms with E-state index < -0.39 is 20.0 Å². The number of aliphatic carboxylic acids is 1. The Balaban J connectivity index is 1.12.